The average molecular weight is 437 g/mol. The summed E-state index contributed by atoms with van der Waals surface area (Å²) in [4.78, 5) is 0. The Morgan fingerprint density at radius 3 is 1.31 bits per heavy atom. The summed E-state index contributed by atoms with van der Waals surface area (Å²) in [7, 11) is -0.963. The van der Waals surface area contributed by atoms with E-state index in [0.717, 1.165) is 11.1 Å². The maximum absolute atomic E-state index is 3.60. The fraction of sp³-hybridized carbons (Fsp3) is 0.290. The highest BCUT2D eigenvalue weighted by atomic mass is 31.1. The van der Waals surface area contributed by atoms with E-state index >= 15 is 0 Å². The topological polar surface area (TPSA) is 0 Å². The molecule has 3 aromatic rings. The van der Waals surface area contributed by atoms with Gasteiger partial charge in [-0.15, -0.1) is 0 Å². The van der Waals surface area contributed by atoms with Crippen LogP contribution in [-0.2, 0) is 0 Å². The van der Waals surface area contributed by atoms with Crippen LogP contribution in [-0.4, -0.2) is 0 Å². The predicted octanol–water partition coefficient (Wildman–Crippen LogP) is 8.18. The van der Waals surface area contributed by atoms with Gasteiger partial charge in [-0.3, -0.25) is 0 Å². The molecule has 0 radical (unpaired) electrons. The molecule has 0 saturated heterocycles. The molecule has 32 heavy (non-hydrogen) atoms. The van der Waals surface area contributed by atoms with E-state index in [1.807, 2.05) is 36.4 Å². The molecule has 0 saturated carbocycles. The van der Waals surface area contributed by atoms with Gasteiger partial charge in [0, 0.05) is 16.4 Å². The second-order valence-electron chi connectivity index (χ2n) is 9.05. The summed E-state index contributed by atoms with van der Waals surface area (Å²) >= 11 is 0. The van der Waals surface area contributed by atoms with Crippen molar-refractivity contribution in [2.75, 3.05) is 0 Å². The Labute approximate surface area is 196 Å². The van der Waals surface area contributed by atoms with Crippen molar-refractivity contribution in [3.05, 3.63) is 101 Å². The van der Waals surface area contributed by atoms with Crippen LogP contribution >= 0.6 is 7.92 Å². The average Bonchev–Trinajstić information content (AvgIpc) is 2.79. The summed E-state index contributed by atoms with van der Waals surface area (Å²) in [5.41, 5.74) is 13.5. The van der Waals surface area contributed by atoms with E-state index in [1.54, 1.807) is 0 Å². The van der Waals surface area contributed by atoms with Crippen LogP contribution < -0.4 is 5.30 Å². The molecule has 0 amide bonds. The molecule has 0 aliphatic carbocycles. The van der Waals surface area contributed by atoms with Crippen molar-refractivity contribution in [3.63, 3.8) is 0 Å². The molecule has 0 unspecified atom stereocenters. The van der Waals surface area contributed by atoms with E-state index < -0.39 is 7.92 Å². The fourth-order valence-corrected chi connectivity index (χ4v) is 5.52. The van der Waals surface area contributed by atoms with Crippen LogP contribution in [0.15, 0.2) is 72.8 Å². The van der Waals surface area contributed by atoms with Gasteiger partial charge >= 0.3 is 0 Å². The van der Waals surface area contributed by atoms with Crippen molar-refractivity contribution in [1.29, 1.82) is 0 Å². The zero-order valence-electron chi connectivity index (χ0n) is 20.1. The summed E-state index contributed by atoms with van der Waals surface area (Å²) in [6.07, 6.45) is 0. The van der Waals surface area contributed by atoms with Gasteiger partial charge in [-0.05, 0) is 58.7 Å². The minimum atomic E-state index is -0.963. The normalized spacial score (nSPS) is 10.8. The van der Waals surface area contributed by atoms with E-state index in [0.29, 0.717) is 17.8 Å². The summed E-state index contributed by atoms with van der Waals surface area (Å²) in [5, 5.41) is 1.36. The highest BCUT2D eigenvalue weighted by molar-refractivity contribution is 7.75. The molecule has 0 bridgehead atoms. The minimum absolute atomic E-state index is 0.420. The van der Waals surface area contributed by atoms with Gasteiger partial charge in [-0.1, -0.05) is 113 Å². The van der Waals surface area contributed by atoms with Crippen LogP contribution in [0.2, 0.25) is 0 Å². The molecule has 0 aliphatic heterocycles. The molecule has 0 fully saturated rings. The van der Waals surface area contributed by atoms with Gasteiger partial charge in [0.25, 0.3) is 0 Å². The van der Waals surface area contributed by atoms with Crippen molar-refractivity contribution in [2.45, 2.75) is 59.3 Å². The Bertz CT molecular complexity index is 1060. The Balaban J connectivity index is 2.24. The Hall–Kier alpha value is -2.79. The molecule has 0 atom stereocenters. The third-order valence-corrected chi connectivity index (χ3v) is 7.13. The quantitative estimate of drug-likeness (QED) is 0.286. The van der Waals surface area contributed by atoms with Crippen LogP contribution in [0, 0.1) is 23.2 Å². The lowest BCUT2D eigenvalue weighted by atomic mass is 9.89. The largest absolute Gasteiger partial charge is 0.0824 e. The first-order valence-corrected chi connectivity index (χ1v) is 12.8. The zero-order valence-corrected chi connectivity index (χ0v) is 21.0. The number of hydrogen-bond donors (Lipinski definition) is 0. The fourth-order valence-electron chi connectivity index (χ4n) is 3.60. The van der Waals surface area contributed by atoms with Gasteiger partial charge in [0.2, 0.25) is 0 Å². The van der Waals surface area contributed by atoms with Gasteiger partial charge in [0.05, 0.1) is 7.92 Å². The lowest BCUT2D eigenvalue weighted by Gasteiger charge is -2.24. The smallest absolute Gasteiger partial charge is 0.0622 e. The van der Waals surface area contributed by atoms with E-state index in [-0.39, 0.29) is 0 Å². The monoisotopic (exact) mass is 436 g/mol. The van der Waals surface area contributed by atoms with Crippen LogP contribution in [0.25, 0.3) is 0 Å². The highest BCUT2D eigenvalue weighted by Gasteiger charge is 2.22. The Kier molecular flexibility index (Phi) is 8.34. The van der Waals surface area contributed by atoms with E-state index in [2.05, 4.69) is 101 Å². The van der Waals surface area contributed by atoms with Crippen molar-refractivity contribution in [1.82, 2.24) is 0 Å². The van der Waals surface area contributed by atoms with Gasteiger partial charge in [-0.25, -0.2) is 0 Å². The van der Waals surface area contributed by atoms with Gasteiger partial charge in [0.15, 0.2) is 0 Å². The molecule has 0 heterocycles. The van der Waals surface area contributed by atoms with Crippen LogP contribution in [0.5, 0.6) is 0 Å². The Morgan fingerprint density at radius 1 is 0.562 bits per heavy atom. The molecule has 0 spiro atoms. The molecule has 1 heteroatoms. The van der Waals surface area contributed by atoms with Gasteiger partial charge in [-0.2, -0.15) is 0 Å². The second kappa shape index (κ2) is 11.2. The third kappa shape index (κ3) is 6.13. The number of rotatable bonds is 4. The second-order valence-corrected chi connectivity index (χ2v) is 10.6. The molecular weight excluding hydrogens is 403 g/mol. The molecule has 0 N–H and O–H groups in total. The van der Waals surface area contributed by atoms with Crippen molar-refractivity contribution >= 4 is 13.2 Å². The molecule has 0 nitrogen and oxygen atoms in total. The van der Waals surface area contributed by atoms with Crippen LogP contribution in [0.3, 0.4) is 0 Å². The molecule has 0 aliphatic rings. The minimum Gasteiger partial charge on any atom is -0.0622 e. The first-order chi connectivity index (χ1) is 15.4. The standard InChI is InChI=1S/C31H33P/c1-23(2)28-21-29(24(3)4)31(30(22-28)25(5)6)32(19-17-26-13-9-7-10-14-26)20-18-27-15-11-8-12-16-27/h7-16,21-25H,1-6H3. The van der Waals surface area contributed by atoms with Crippen molar-refractivity contribution in [3.8, 4) is 23.2 Å². The first kappa shape index (κ1) is 23.9. The van der Waals surface area contributed by atoms with Crippen LogP contribution in [0.1, 0.15) is 87.1 Å². The molecule has 3 aromatic carbocycles. The zero-order chi connectivity index (χ0) is 23.1. The first-order valence-electron chi connectivity index (χ1n) is 11.5. The van der Waals surface area contributed by atoms with E-state index in [1.165, 1.54) is 22.0 Å². The predicted molar refractivity (Wildman–Crippen MR) is 142 cm³/mol. The molecular formula is C31H33P. The van der Waals surface area contributed by atoms with Gasteiger partial charge < -0.3 is 0 Å². The van der Waals surface area contributed by atoms with E-state index in [4.69, 9.17) is 0 Å². The lowest BCUT2D eigenvalue weighted by molar-refractivity contribution is 0.813. The number of hydrogen-bond acceptors (Lipinski definition) is 0. The van der Waals surface area contributed by atoms with Crippen molar-refractivity contribution < 1.29 is 0 Å². The van der Waals surface area contributed by atoms with Crippen molar-refractivity contribution in [2.24, 2.45) is 0 Å². The summed E-state index contributed by atoms with van der Waals surface area (Å²) in [6.45, 7) is 13.7. The molecule has 162 valence electrons. The summed E-state index contributed by atoms with van der Waals surface area (Å²) in [5.74, 6) is 8.19. The van der Waals surface area contributed by atoms with Gasteiger partial charge in [0.1, 0.15) is 0 Å². The maximum atomic E-state index is 3.60. The SMILES string of the molecule is CC(C)c1cc(C(C)C)c(P(C#Cc2ccccc2)C#Cc2ccccc2)c(C(C)C)c1. The number of benzene rings is 3. The maximum Gasteiger partial charge on any atom is 0.0824 e. The lowest BCUT2D eigenvalue weighted by Crippen LogP contribution is -2.17. The molecule has 3 rings (SSSR count). The molecule has 0 aromatic heterocycles. The summed E-state index contributed by atoms with van der Waals surface area (Å²) in [6, 6.07) is 25.3. The highest BCUT2D eigenvalue weighted by Crippen LogP contribution is 2.40. The van der Waals surface area contributed by atoms with Crippen LogP contribution in [0.4, 0.5) is 0 Å². The Morgan fingerprint density at radius 2 is 0.969 bits per heavy atom. The third-order valence-electron chi connectivity index (χ3n) is 5.50. The van der Waals surface area contributed by atoms with E-state index in [9.17, 15) is 0 Å². The summed E-state index contributed by atoms with van der Waals surface area (Å²) < 4.78 is 0.